The molecule has 0 unspecified atom stereocenters. The molecule has 2 rings (SSSR count). The topological polar surface area (TPSA) is 105 Å². The zero-order chi connectivity index (χ0) is 22.3. The molecule has 30 heavy (non-hydrogen) atoms. The van der Waals surface area contributed by atoms with Crippen LogP contribution >= 0.6 is 0 Å². The number of carbonyl (C=O) groups excluding carboxylic acids is 2. The molecule has 2 aromatic carbocycles. The lowest BCUT2D eigenvalue weighted by molar-refractivity contribution is -0.111. The molecule has 8 nitrogen and oxygen atoms in total. The van der Waals surface area contributed by atoms with Crippen molar-refractivity contribution in [2.45, 2.75) is 11.8 Å². The van der Waals surface area contributed by atoms with Gasteiger partial charge in [-0.25, -0.2) is 13.1 Å². The molecule has 0 fully saturated rings. The van der Waals surface area contributed by atoms with E-state index >= 15 is 0 Å². The van der Waals surface area contributed by atoms with Crippen LogP contribution in [-0.2, 0) is 14.8 Å². The number of methoxy groups -OCH3 is 1. The van der Waals surface area contributed by atoms with Crippen LogP contribution < -0.4 is 14.8 Å². The Labute approximate surface area is 176 Å². The number of carbonyl (C=O) groups is 2. The molecule has 0 aliphatic rings. The van der Waals surface area contributed by atoms with Crippen LogP contribution in [0.1, 0.15) is 22.8 Å². The van der Waals surface area contributed by atoms with Gasteiger partial charge in [-0.2, -0.15) is 0 Å². The van der Waals surface area contributed by atoms with E-state index in [0.717, 1.165) is 0 Å². The van der Waals surface area contributed by atoms with Gasteiger partial charge in [0.1, 0.15) is 5.75 Å². The maximum atomic E-state index is 12.3. The van der Waals surface area contributed by atoms with Crippen molar-refractivity contribution < 1.29 is 22.7 Å². The number of anilines is 1. The summed E-state index contributed by atoms with van der Waals surface area (Å²) in [6, 6.07) is 10.9. The first kappa shape index (κ1) is 23.1. The van der Waals surface area contributed by atoms with E-state index in [-0.39, 0.29) is 10.8 Å². The van der Waals surface area contributed by atoms with Gasteiger partial charge in [0.15, 0.2) is 0 Å². The largest absolute Gasteiger partial charge is 0.495 e. The van der Waals surface area contributed by atoms with Gasteiger partial charge in [0.25, 0.3) is 5.91 Å². The van der Waals surface area contributed by atoms with Gasteiger partial charge in [0, 0.05) is 32.3 Å². The number of rotatable bonds is 8. The van der Waals surface area contributed by atoms with Gasteiger partial charge in [0.2, 0.25) is 15.9 Å². The fourth-order valence-electron chi connectivity index (χ4n) is 2.57. The van der Waals surface area contributed by atoms with Gasteiger partial charge in [0.05, 0.1) is 17.7 Å². The van der Waals surface area contributed by atoms with Crippen LogP contribution in [0.25, 0.3) is 6.08 Å². The minimum absolute atomic E-state index is 0.151. The van der Waals surface area contributed by atoms with Crippen molar-refractivity contribution in [3.63, 3.8) is 0 Å². The van der Waals surface area contributed by atoms with E-state index in [0.29, 0.717) is 29.1 Å². The number of hydrogen-bond donors (Lipinski definition) is 2. The molecular weight excluding hydrogens is 406 g/mol. The van der Waals surface area contributed by atoms with Gasteiger partial charge >= 0.3 is 0 Å². The number of nitrogens with zero attached hydrogens (tertiary/aromatic N) is 1. The fourth-order valence-corrected chi connectivity index (χ4v) is 3.62. The highest BCUT2D eigenvalue weighted by Crippen LogP contribution is 2.26. The Morgan fingerprint density at radius 2 is 1.77 bits per heavy atom. The van der Waals surface area contributed by atoms with Crippen molar-refractivity contribution in [1.29, 1.82) is 0 Å². The van der Waals surface area contributed by atoms with E-state index in [9.17, 15) is 18.0 Å². The van der Waals surface area contributed by atoms with E-state index in [1.165, 1.54) is 30.2 Å². The Bertz CT molecular complexity index is 1040. The molecule has 0 atom stereocenters. The first-order valence-corrected chi connectivity index (χ1v) is 10.6. The molecule has 0 spiro atoms. The first-order valence-electron chi connectivity index (χ1n) is 9.16. The normalized spacial score (nSPS) is 11.3. The molecule has 0 bridgehead atoms. The molecule has 0 aliphatic carbocycles. The number of hydrogen-bond acceptors (Lipinski definition) is 5. The van der Waals surface area contributed by atoms with E-state index in [4.69, 9.17) is 4.74 Å². The molecule has 2 aromatic rings. The van der Waals surface area contributed by atoms with Crippen molar-refractivity contribution in [2.75, 3.05) is 33.1 Å². The number of benzene rings is 2. The van der Waals surface area contributed by atoms with E-state index in [2.05, 4.69) is 10.0 Å². The molecule has 160 valence electrons. The van der Waals surface area contributed by atoms with Crippen LogP contribution in [0, 0.1) is 0 Å². The van der Waals surface area contributed by atoms with Crippen molar-refractivity contribution in [2.24, 2.45) is 0 Å². The monoisotopic (exact) mass is 431 g/mol. The van der Waals surface area contributed by atoms with Crippen LogP contribution in [0.5, 0.6) is 5.75 Å². The van der Waals surface area contributed by atoms with Crippen LogP contribution in [0.4, 0.5) is 5.69 Å². The predicted molar refractivity (Wildman–Crippen MR) is 116 cm³/mol. The van der Waals surface area contributed by atoms with E-state index in [1.807, 2.05) is 0 Å². The Morgan fingerprint density at radius 1 is 1.10 bits per heavy atom. The lowest BCUT2D eigenvalue weighted by Gasteiger charge is -2.14. The number of sulfonamides is 1. The SMILES string of the molecule is CCNS(=O)(=O)c1ccc(C=CC(=O)Nc2cc(C(=O)N(C)C)ccc2OC)cc1. The fraction of sp³-hybridized carbons (Fsp3) is 0.238. The summed E-state index contributed by atoms with van der Waals surface area (Å²) in [5.41, 5.74) is 1.44. The zero-order valence-corrected chi connectivity index (χ0v) is 18.1. The van der Waals surface area contributed by atoms with Crippen molar-refractivity contribution in [3.8, 4) is 5.75 Å². The van der Waals surface area contributed by atoms with Gasteiger partial charge in [-0.15, -0.1) is 0 Å². The minimum atomic E-state index is -3.52. The summed E-state index contributed by atoms with van der Waals surface area (Å²) in [5, 5.41) is 2.69. The summed E-state index contributed by atoms with van der Waals surface area (Å²) in [6.07, 6.45) is 2.87. The number of ether oxygens (including phenoxy) is 1. The molecule has 9 heteroatoms. The van der Waals surface area contributed by atoms with Gasteiger partial charge in [-0.1, -0.05) is 19.1 Å². The summed E-state index contributed by atoms with van der Waals surface area (Å²) in [6.45, 7) is 2.00. The van der Waals surface area contributed by atoms with Crippen molar-refractivity contribution in [3.05, 3.63) is 59.7 Å². The maximum absolute atomic E-state index is 12.3. The molecule has 0 aromatic heterocycles. The second-order valence-corrected chi connectivity index (χ2v) is 8.27. The Morgan fingerprint density at radius 3 is 2.33 bits per heavy atom. The molecule has 0 heterocycles. The third kappa shape index (κ3) is 5.91. The van der Waals surface area contributed by atoms with E-state index < -0.39 is 15.9 Å². The smallest absolute Gasteiger partial charge is 0.253 e. The highest BCUT2D eigenvalue weighted by molar-refractivity contribution is 7.89. The van der Waals surface area contributed by atoms with Crippen LogP contribution in [-0.4, -0.2) is 52.9 Å². The second-order valence-electron chi connectivity index (χ2n) is 6.51. The molecule has 0 aliphatic heterocycles. The highest BCUT2D eigenvalue weighted by Gasteiger charge is 2.13. The lowest BCUT2D eigenvalue weighted by Crippen LogP contribution is -2.22. The first-order chi connectivity index (χ1) is 14.2. The number of nitrogens with one attached hydrogen (secondary N) is 2. The minimum Gasteiger partial charge on any atom is -0.495 e. The third-order valence-corrected chi connectivity index (χ3v) is 5.62. The summed E-state index contributed by atoms with van der Waals surface area (Å²) in [7, 11) is 1.23. The van der Waals surface area contributed by atoms with Crippen LogP contribution in [0.15, 0.2) is 53.4 Å². The average molecular weight is 432 g/mol. The molecule has 0 radical (unpaired) electrons. The quantitative estimate of drug-likeness (QED) is 0.625. The number of amides is 2. The average Bonchev–Trinajstić information content (AvgIpc) is 2.71. The Hall–Kier alpha value is -3.17. The summed E-state index contributed by atoms with van der Waals surface area (Å²) < 4.78 is 31.6. The van der Waals surface area contributed by atoms with Gasteiger partial charge in [-0.05, 0) is 42.0 Å². The predicted octanol–water partition coefficient (Wildman–Crippen LogP) is 2.35. The molecule has 0 saturated carbocycles. The van der Waals surface area contributed by atoms with Crippen molar-refractivity contribution in [1.82, 2.24) is 9.62 Å². The van der Waals surface area contributed by atoms with Gasteiger partial charge in [-0.3, -0.25) is 9.59 Å². The molecule has 2 amide bonds. The Kier molecular flexibility index (Phi) is 7.73. The highest BCUT2D eigenvalue weighted by atomic mass is 32.2. The molecular formula is C21H25N3O5S. The molecule has 0 saturated heterocycles. The van der Waals surface area contributed by atoms with Crippen LogP contribution in [0.3, 0.4) is 0 Å². The summed E-state index contributed by atoms with van der Waals surface area (Å²) >= 11 is 0. The molecule has 2 N–H and O–H groups in total. The van der Waals surface area contributed by atoms with Crippen LogP contribution in [0.2, 0.25) is 0 Å². The van der Waals surface area contributed by atoms with Gasteiger partial charge < -0.3 is 15.0 Å². The van der Waals surface area contributed by atoms with E-state index in [1.54, 1.807) is 57.4 Å². The Balaban J connectivity index is 2.14. The lowest BCUT2D eigenvalue weighted by atomic mass is 10.1. The second kappa shape index (κ2) is 10.0. The maximum Gasteiger partial charge on any atom is 0.253 e. The third-order valence-electron chi connectivity index (χ3n) is 4.06. The summed E-state index contributed by atoms with van der Waals surface area (Å²) in [4.78, 5) is 26.1. The van der Waals surface area contributed by atoms with Crippen molar-refractivity contribution >= 4 is 33.6 Å². The summed E-state index contributed by atoms with van der Waals surface area (Å²) in [5.74, 6) is -0.201. The zero-order valence-electron chi connectivity index (χ0n) is 17.3. The standard InChI is InChI=1S/C21H25N3O5S/c1-5-22-30(27,28)17-10-6-15(7-11-17)8-13-20(25)23-18-14-16(21(26)24(2)3)9-12-19(18)29-4/h6-14,22H,5H2,1-4H3,(H,23,25).